The normalized spacial score (nSPS) is 45.2. The Morgan fingerprint density at radius 3 is 2.32 bits per heavy atom. The van der Waals surface area contributed by atoms with Gasteiger partial charge in [-0.05, 0) is 97.7 Å². The smallest absolute Gasteiger partial charge is 0.393 e. The van der Waals surface area contributed by atoms with Crippen LogP contribution in [0, 0.1) is 52.3 Å². The van der Waals surface area contributed by atoms with Gasteiger partial charge in [0.05, 0.1) is 6.10 Å². The molecule has 4 rings (SSSR count). The van der Waals surface area contributed by atoms with E-state index in [2.05, 4.69) is 20.8 Å². The van der Waals surface area contributed by atoms with Crippen LogP contribution in [0.1, 0.15) is 105 Å². The van der Waals surface area contributed by atoms with Crippen molar-refractivity contribution in [3.8, 4) is 0 Å². The molecule has 0 radical (unpaired) electrons. The molecule has 3 N–H and O–H groups in total. The van der Waals surface area contributed by atoms with Crippen LogP contribution in [0.3, 0.4) is 0 Å². The maximum Gasteiger partial charge on any atom is 0.400 e. The van der Waals surface area contributed by atoms with Gasteiger partial charge in [0.1, 0.15) is 0 Å². The van der Waals surface area contributed by atoms with E-state index in [0.29, 0.717) is 47.3 Å². The van der Waals surface area contributed by atoms with E-state index in [4.69, 9.17) is 4.18 Å². The van der Waals surface area contributed by atoms with Crippen LogP contribution in [0.4, 0.5) is 0 Å². The quantitative estimate of drug-likeness (QED) is 0.311. The standard InChI is InChI=1S/C27H48O6S/c1-17(2)27(29,33-34(30,31)32)15-11-18(3)20-9-10-21-24-22(12-14-26(20,21)5)25(4)13-7-6-8-19(25)16-23(24)28/h17-24,28-29H,6-16H2,1-5H3,(H,30,31,32)/t18-,19-,20-,21?,22?,23?,24?,25+,26-,27?/m1/s1. The van der Waals surface area contributed by atoms with Crippen molar-refractivity contribution in [2.75, 3.05) is 0 Å². The van der Waals surface area contributed by atoms with Gasteiger partial charge >= 0.3 is 10.4 Å². The molecular weight excluding hydrogens is 452 g/mol. The SMILES string of the molecule is CC(C)C(O)(CC[C@@H](C)[C@H]1CCC2C3C(O)C[C@H]4CCCC[C@]4(C)C3CC[C@@]21C)OS(=O)(=O)O. The van der Waals surface area contributed by atoms with E-state index in [-0.39, 0.29) is 17.9 Å². The number of hydrogen-bond donors (Lipinski definition) is 3. The highest BCUT2D eigenvalue weighted by Gasteiger charge is 2.62. The molecule has 10 atom stereocenters. The van der Waals surface area contributed by atoms with Crippen molar-refractivity contribution >= 4 is 10.4 Å². The molecule has 4 saturated carbocycles. The van der Waals surface area contributed by atoms with Crippen LogP contribution in [-0.4, -0.2) is 35.1 Å². The third-order valence-corrected chi connectivity index (χ3v) is 12.0. The maximum absolute atomic E-state index is 11.4. The Kier molecular flexibility index (Phi) is 7.32. The Bertz CT molecular complexity index is 844. The summed E-state index contributed by atoms with van der Waals surface area (Å²) >= 11 is 0. The van der Waals surface area contributed by atoms with Crippen molar-refractivity contribution in [2.45, 2.75) is 117 Å². The van der Waals surface area contributed by atoms with Crippen LogP contribution in [0.25, 0.3) is 0 Å². The molecule has 0 amide bonds. The van der Waals surface area contributed by atoms with E-state index < -0.39 is 22.1 Å². The molecule has 0 bridgehead atoms. The van der Waals surface area contributed by atoms with Gasteiger partial charge in [-0.1, -0.05) is 47.5 Å². The van der Waals surface area contributed by atoms with Crippen molar-refractivity contribution in [3.05, 3.63) is 0 Å². The minimum absolute atomic E-state index is 0.164. The zero-order valence-corrected chi connectivity index (χ0v) is 22.7. The van der Waals surface area contributed by atoms with Gasteiger partial charge < -0.3 is 10.2 Å². The van der Waals surface area contributed by atoms with Gasteiger partial charge in [0.15, 0.2) is 5.79 Å². The predicted molar refractivity (Wildman–Crippen MR) is 132 cm³/mol. The Balaban J connectivity index is 1.49. The van der Waals surface area contributed by atoms with E-state index in [1.165, 1.54) is 38.5 Å². The summed E-state index contributed by atoms with van der Waals surface area (Å²) in [6.45, 7) is 10.6. The molecule has 0 aromatic rings. The van der Waals surface area contributed by atoms with Gasteiger partial charge in [-0.2, -0.15) is 8.42 Å². The molecule has 0 aromatic carbocycles. The van der Waals surface area contributed by atoms with Crippen molar-refractivity contribution in [1.82, 2.24) is 0 Å². The molecule has 0 aliphatic heterocycles. The average molecular weight is 501 g/mol. The zero-order valence-electron chi connectivity index (χ0n) is 21.9. The van der Waals surface area contributed by atoms with Crippen LogP contribution in [0.2, 0.25) is 0 Å². The fourth-order valence-electron chi connectivity index (χ4n) is 9.47. The third kappa shape index (κ3) is 4.62. The fraction of sp³-hybridized carbons (Fsp3) is 1.00. The second kappa shape index (κ2) is 9.27. The Morgan fingerprint density at radius 2 is 1.68 bits per heavy atom. The highest BCUT2D eigenvalue weighted by molar-refractivity contribution is 7.80. The predicted octanol–water partition coefficient (Wildman–Crippen LogP) is 5.59. The second-order valence-electron chi connectivity index (χ2n) is 13.3. The second-order valence-corrected chi connectivity index (χ2v) is 14.3. The summed E-state index contributed by atoms with van der Waals surface area (Å²) in [4.78, 5) is 0. The third-order valence-electron chi connectivity index (χ3n) is 11.5. The molecule has 0 spiro atoms. The molecule has 34 heavy (non-hydrogen) atoms. The first-order valence-corrected chi connectivity index (χ1v) is 15.2. The summed E-state index contributed by atoms with van der Waals surface area (Å²) in [5, 5.41) is 22.2. The van der Waals surface area contributed by atoms with E-state index in [9.17, 15) is 23.2 Å². The summed E-state index contributed by atoms with van der Waals surface area (Å²) in [6, 6.07) is 0. The lowest BCUT2D eigenvalue weighted by molar-refractivity contribution is -0.180. The van der Waals surface area contributed by atoms with Crippen molar-refractivity contribution < 1.29 is 27.4 Å². The zero-order chi connectivity index (χ0) is 25.1. The van der Waals surface area contributed by atoms with Crippen LogP contribution in [-0.2, 0) is 14.6 Å². The molecule has 6 nitrogen and oxygen atoms in total. The molecule has 4 aliphatic carbocycles. The molecule has 0 aromatic heterocycles. The van der Waals surface area contributed by atoms with Crippen LogP contribution in [0.15, 0.2) is 0 Å². The summed E-state index contributed by atoms with van der Waals surface area (Å²) in [6.07, 6.45) is 11.5. The lowest BCUT2D eigenvalue weighted by Gasteiger charge is -2.62. The van der Waals surface area contributed by atoms with Crippen molar-refractivity contribution in [2.24, 2.45) is 52.3 Å². The number of aliphatic hydroxyl groups is 2. The van der Waals surface area contributed by atoms with Gasteiger partial charge in [-0.3, -0.25) is 4.55 Å². The Morgan fingerprint density at radius 1 is 1.00 bits per heavy atom. The molecule has 5 unspecified atom stereocenters. The number of fused-ring (bicyclic) bond motifs is 5. The van der Waals surface area contributed by atoms with Gasteiger partial charge in [-0.15, -0.1) is 0 Å². The van der Waals surface area contributed by atoms with E-state index in [0.717, 1.165) is 19.3 Å². The Hall–Kier alpha value is -0.210. The van der Waals surface area contributed by atoms with Crippen molar-refractivity contribution in [3.63, 3.8) is 0 Å². The number of rotatable bonds is 7. The molecule has 4 aliphatic rings. The van der Waals surface area contributed by atoms with Gasteiger partial charge in [0, 0.05) is 12.3 Å². The Labute approximate surface area is 207 Å². The van der Waals surface area contributed by atoms with Crippen LogP contribution in [0.5, 0.6) is 0 Å². The van der Waals surface area contributed by atoms with Gasteiger partial charge in [0.25, 0.3) is 0 Å². The summed E-state index contributed by atoms with van der Waals surface area (Å²) in [7, 11) is -4.74. The molecular formula is C27H48O6S. The van der Waals surface area contributed by atoms with E-state index >= 15 is 0 Å². The minimum atomic E-state index is -4.74. The molecule has 0 heterocycles. The largest absolute Gasteiger partial charge is 0.400 e. The van der Waals surface area contributed by atoms with Gasteiger partial charge in [0.2, 0.25) is 0 Å². The lowest BCUT2D eigenvalue weighted by Crippen LogP contribution is -2.57. The topological polar surface area (TPSA) is 104 Å². The van der Waals surface area contributed by atoms with Crippen molar-refractivity contribution in [1.29, 1.82) is 0 Å². The number of aliphatic hydroxyl groups excluding tert-OH is 1. The maximum atomic E-state index is 11.4. The lowest BCUT2D eigenvalue weighted by atomic mass is 9.44. The van der Waals surface area contributed by atoms with Crippen LogP contribution < -0.4 is 0 Å². The monoisotopic (exact) mass is 500 g/mol. The number of hydrogen-bond acceptors (Lipinski definition) is 5. The first-order valence-electron chi connectivity index (χ1n) is 13.8. The van der Waals surface area contributed by atoms with Crippen LogP contribution >= 0.6 is 0 Å². The average Bonchev–Trinajstić information content (AvgIpc) is 3.08. The molecule has 198 valence electrons. The first-order chi connectivity index (χ1) is 15.7. The molecule has 7 heteroatoms. The highest BCUT2D eigenvalue weighted by atomic mass is 32.3. The molecule has 0 saturated heterocycles. The minimum Gasteiger partial charge on any atom is -0.393 e. The first kappa shape index (κ1) is 26.8. The molecule has 4 fully saturated rings. The van der Waals surface area contributed by atoms with E-state index in [1.807, 2.05) is 0 Å². The summed E-state index contributed by atoms with van der Waals surface area (Å²) in [5.74, 6) is 0.633. The fourth-order valence-corrected chi connectivity index (χ4v) is 10.1. The van der Waals surface area contributed by atoms with Gasteiger partial charge in [-0.25, -0.2) is 4.18 Å². The summed E-state index contributed by atoms with van der Waals surface area (Å²) < 4.78 is 36.6. The van der Waals surface area contributed by atoms with E-state index in [1.54, 1.807) is 13.8 Å². The summed E-state index contributed by atoms with van der Waals surface area (Å²) in [5.41, 5.74) is 0.549. The highest BCUT2D eigenvalue weighted by Crippen LogP contribution is 2.68.